The standard InChI is InChI=1S/C16H17N3O2/c1-2-21-16(20)10-9-15(18-19-17)14-8-7-12-5-3-4-6-13(12)11-14/h3-8,11,15H,2,9-10H2,1H3. The molecule has 0 spiro atoms. The molecule has 0 saturated heterocycles. The van der Waals surface area contributed by atoms with Crippen LogP contribution >= 0.6 is 0 Å². The quantitative estimate of drug-likeness (QED) is 0.338. The van der Waals surface area contributed by atoms with E-state index < -0.39 is 0 Å². The van der Waals surface area contributed by atoms with Crippen molar-refractivity contribution in [2.45, 2.75) is 25.8 Å². The Bertz CT molecular complexity index is 678. The molecule has 5 heteroatoms. The Hall–Kier alpha value is -2.52. The van der Waals surface area contributed by atoms with E-state index in [1.165, 1.54) is 0 Å². The summed E-state index contributed by atoms with van der Waals surface area (Å²) in [5.41, 5.74) is 9.63. The molecule has 0 bridgehead atoms. The van der Waals surface area contributed by atoms with Gasteiger partial charge in [-0.2, -0.15) is 0 Å². The van der Waals surface area contributed by atoms with Gasteiger partial charge in [-0.25, -0.2) is 0 Å². The maximum atomic E-state index is 11.4. The maximum absolute atomic E-state index is 11.4. The summed E-state index contributed by atoms with van der Waals surface area (Å²) in [7, 11) is 0. The van der Waals surface area contributed by atoms with Crippen LogP contribution in [0.15, 0.2) is 47.6 Å². The minimum absolute atomic E-state index is 0.240. The van der Waals surface area contributed by atoms with Crippen LogP contribution in [0.3, 0.4) is 0 Å². The third-order valence-electron chi connectivity index (χ3n) is 3.28. The molecule has 2 aromatic rings. The average molecular weight is 283 g/mol. The minimum Gasteiger partial charge on any atom is -0.466 e. The van der Waals surface area contributed by atoms with Crippen LogP contribution in [0.25, 0.3) is 21.2 Å². The largest absolute Gasteiger partial charge is 0.466 e. The number of rotatable bonds is 6. The molecule has 0 aromatic heterocycles. The zero-order chi connectivity index (χ0) is 15.1. The fraction of sp³-hybridized carbons (Fsp3) is 0.312. The topological polar surface area (TPSA) is 75.1 Å². The van der Waals surface area contributed by atoms with Crippen LogP contribution in [-0.4, -0.2) is 12.6 Å². The van der Waals surface area contributed by atoms with E-state index in [-0.39, 0.29) is 18.4 Å². The number of ether oxygens (including phenoxy) is 1. The Kier molecular flexibility index (Phi) is 5.18. The van der Waals surface area contributed by atoms with Crippen molar-refractivity contribution in [3.8, 4) is 0 Å². The second-order valence-electron chi connectivity index (χ2n) is 4.67. The molecule has 108 valence electrons. The SMILES string of the molecule is CCOC(=O)CCC(N=[N+]=[N-])c1ccc2ccccc2c1. The second-order valence-corrected chi connectivity index (χ2v) is 4.67. The number of azide groups is 1. The van der Waals surface area contributed by atoms with Crippen LogP contribution in [0.2, 0.25) is 0 Å². The summed E-state index contributed by atoms with van der Waals surface area (Å²) < 4.78 is 4.90. The number of hydrogen-bond acceptors (Lipinski definition) is 3. The first kappa shape index (κ1) is 14.9. The second kappa shape index (κ2) is 7.31. The molecule has 0 aliphatic heterocycles. The van der Waals surface area contributed by atoms with Crippen molar-refractivity contribution < 1.29 is 9.53 Å². The molecule has 0 saturated carbocycles. The lowest BCUT2D eigenvalue weighted by Gasteiger charge is -2.12. The van der Waals surface area contributed by atoms with Gasteiger partial charge in [-0.15, -0.1) is 0 Å². The van der Waals surface area contributed by atoms with Crippen molar-refractivity contribution >= 4 is 16.7 Å². The van der Waals surface area contributed by atoms with Crippen LogP contribution in [0.5, 0.6) is 0 Å². The summed E-state index contributed by atoms with van der Waals surface area (Å²) in [5, 5.41) is 6.02. The van der Waals surface area contributed by atoms with Crippen molar-refractivity contribution in [2.24, 2.45) is 5.11 Å². The Morgan fingerprint density at radius 1 is 1.29 bits per heavy atom. The summed E-state index contributed by atoms with van der Waals surface area (Å²) >= 11 is 0. The first-order valence-electron chi connectivity index (χ1n) is 6.93. The lowest BCUT2D eigenvalue weighted by molar-refractivity contribution is -0.143. The Labute approximate surface area is 123 Å². The van der Waals surface area contributed by atoms with E-state index in [4.69, 9.17) is 10.3 Å². The molecule has 2 aromatic carbocycles. The van der Waals surface area contributed by atoms with Crippen LogP contribution in [0.1, 0.15) is 31.4 Å². The first-order chi connectivity index (χ1) is 10.2. The molecule has 0 fully saturated rings. The minimum atomic E-state index is -0.357. The molecule has 1 atom stereocenters. The van der Waals surface area contributed by atoms with Gasteiger partial charge in [0.15, 0.2) is 0 Å². The molecule has 0 heterocycles. The lowest BCUT2D eigenvalue weighted by atomic mass is 9.99. The first-order valence-corrected chi connectivity index (χ1v) is 6.93. The van der Waals surface area contributed by atoms with E-state index in [2.05, 4.69) is 10.0 Å². The maximum Gasteiger partial charge on any atom is 0.305 e. The number of carbonyl (C=O) groups is 1. The van der Waals surface area contributed by atoms with Crippen molar-refractivity contribution in [3.05, 3.63) is 58.5 Å². The summed E-state index contributed by atoms with van der Waals surface area (Å²) in [6.07, 6.45) is 0.686. The number of esters is 1. The predicted molar refractivity (Wildman–Crippen MR) is 81.7 cm³/mol. The van der Waals surface area contributed by atoms with Gasteiger partial charge in [0.1, 0.15) is 0 Å². The third-order valence-corrected chi connectivity index (χ3v) is 3.28. The van der Waals surface area contributed by atoms with Crippen molar-refractivity contribution in [2.75, 3.05) is 6.61 Å². The molecule has 0 radical (unpaired) electrons. The van der Waals surface area contributed by atoms with E-state index in [0.717, 1.165) is 16.3 Å². The molecule has 0 aliphatic rings. The highest BCUT2D eigenvalue weighted by atomic mass is 16.5. The third kappa shape index (κ3) is 3.97. The van der Waals surface area contributed by atoms with Gasteiger partial charge in [0.2, 0.25) is 0 Å². The highest BCUT2D eigenvalue weighted by Gasteiger charge is 2.13. The number of hydrogen-bond donors (Lipinski definition) is 0. The van der Waals surface area contributed by atoms with Gasteiger partial charge in [-0.3, -0.25) is 4.79 Å². The summed E-state index contributed by atoms with van der Waals surface area (Å²) in [4.78, 5) is 14.3. The Morgan fingerprint density at radius 3 is 2.76 bits per heavy atom. The normalized spacial score (nSPS) is 11.7. The molecule has 0 N–H and O–H groups in total. The molecular formula is C16H17N3O2. The molecule has 21 heavy (non-hydrogen) atoms. The van der Waals surface area contributed by atoms with E-state index >= 15 is 0 Å². The molecule has 0 aliphatic carbocycles. The molecule has 1 unspecified atom stereocenters. The van der Waals surface area contributed by atoms with Gasteiger partial charge in [0.05, 0.1) is 12.6 Å². The zero-order valence-corrected chi connectivity index (χ0v) is 11.9. The summed E-state index contributed by atoms with van der Waals surface area (Å²) in [5.74, 6) is -0.267. The highest BCUT2D eigenvalue weighted by molar-refractivity contribution is 5.83. The average Bonchev–Trinajstić information content (AvgIpc) is 2.51. The van der Waals surface area contributed by atoms with E-state index in [1.807, 2.05) is 42.5 Å². The molecular weight excluding hydrogens is 266 g/mol. The van der Waals surface area contributed by atoms with Crippen molar-refractivity contribution in [1.29, 1.82) is 0 Å². The molecule has 2 rings (SSSR count). The summed E-state index contributed by atoms with van der Waals surface area (Å²) in [6, 6.07) is 13.6. The Balaban J connectivity index is 2.19. The highest BCUT2D eigenvalue weighted by Crippen LogP contribution is 2.26. The van der Waals surface area contributed by atoms with Gasteiger partial charge in [-0.05, 0) is 35.2 Å². The monoisotopic (exact) mass is 283 g/mol. The lowest BCUT2D eigenvalue weighted by Crippen LogP contribution is -2.06. The fourth-order valence-corrected chi connectivity index (χ4v) is 2.26. The Morgan fingerprint density at radius 2 is 2.05 bits per heavy atom. The molecule has 0 amide bonds. The van der Waals surface area contributed by atoms with Crippen LogP contribution in [0, 0.1) is 0 Å². The van der Waals surface area contributed by atoms with E-state index in [9.17, 15) is 4.79 Å². The van der Waals surface area contributed by atoms with E-state index in [1.54, 1.807) is 6.92 Å². The van der Waals surface area contributed by atoms with Crippen molar-refractivity contribution in [1.82, 2.24) is 0 Å². The smallest absolute Gasteiger partial charge is 0.305 e. The number of carbonyl (C=O) groups excluding carboxylic acids is 1. The van der Waals surface area contributed by atoms with Gasteiger partial charge < -0.3 is 4.74 Å². The van der Waals surface area contributed by atoms with Gasteiger partial charge >= 0.3 is 5.97 Å². The fourth-order valence-electron chi connectivity index (χ4n) is 2.26. The van der Waals surface area contributed by atoms with Crippen molar-refractivity contribution in [3.63, 3.8) is 0 Å². The van der Waals surface area contributed by atoms with Gasteiger partial charge in [0, 0.05) is 11.3 Å². The summed E-state index contributed by atoms with van der Waals surface area (Å²) in [6.45, 7) is 2.13. The number of fused-ring (bicyclic) bond motifs is 1. The van der Waals surface area contributed by atoms with E-state index in [0.29, 0.717) is 13.0 Å². The number of nitrogens with zero attached hydrogens (tertiary/aromatic N) is 3. The van der Waals surface area contributed by atoms with Crippen LogP contribution < -0.4 is 0 Å². The van der Waals surface area contributed by atoms with Crippen LogP contribution in [0.4, 0.5) is 0 Å². The van der Waals surface area contributed by atoms with Gasteiger partial charge in [-0.1, -0.05) is 47.6 Å². The van der Waals surface area contributed by atoms with Crippen LogP contribution in [-0.2, 0) is 9.53 Å². The predicted octanol–water partition coefficient (Wildman–Crippen LogP) is 4.53. The number of benzene rings is 2. The molecule has 5 nitrogen and oxygen atoms in total. The zero-order valence-electron chi connectivity index (χ0n) is 11.9. The van der Waals surface area contributed by atoms with Gasteiger partial charge in [0.25, 0.3) is 0 Å².